The molecule has 1 aromatic heterocycles. The van der Waals surface area contributed by atoms with E-state index in [9.17, 15) is 14.7 Å². The highest BCUT2D eigenvalue weighted by Gasteiger charge is 2.25. The Kier molecular flexibility index (Phi) is 4.73. The van der Waals surface area contributed by atoms with Crippen LogP contribution in [0, 0.1) is 13.8 Å². The molecule has 1 atom stereocenters. The molecule has 0 fully saturated rings. The van der Waals surface area contributed by atoms with Crippen LogP contribution in [-0.2, 0) is 9.53 Å². The Bertz CT molecular complexity index is 796. The van der Waals surface area contributed by atoms with Crippen molar-refractivity contribution in [3.05, 3.63) is 35.2 Å². The van der Waals surface area contributed by atoms with Gasteiger partial charge in [0.1, 0.15) is 5.60 Å². The van der Waals surface area contributed by atoms with Gasteiger partial charge in [0, 0.05) is 0 Å². The molecule has 1 amide bonds. The Morgan fingerprint density at radius 3 is 2.25 bits per heavy atom. The predicted molar refractivity (Wildman–Crippen MR) is 88.8 cm³/mol. The van der Waals surface area contributed by atoms with E-state index in [1.807, 2.05) is 13.8 Å². The highest BCUT2D eigenvalue weighted by Crippen LogP contribution is 2.20. The van der Waals surface area contributed by atoms with Gasteiger partial charge in [0.2, 0.25) is 0 Å². The van der Waals surface area contributed by atoms with Crippen LogP contribution in [0.5, 0.6) is 0 Å². The minimum atomic E-state index is -1.23. The fourth-order valence-corrected chi connectivity index (χ4v) is 2.14. The van der Waals surface area contributed by atoms with Crippen molar-refractivity contribution in [1.29, 1.82) is 0 Å². The van der Waals surface area contributed by atoms with E-state index < -0.39 is 23.7 Å². The highest BCUT2D eigenvalue weighted by atomic mass is 16.6. The second kappa shape index (κ2) is 6.43. The molecule has 128 valence electrons. The summed E-state index contributed by atoms with van der Waals surface area (Å²) >= 11 is 0. The van der Waals surface area contributed by atoms with Gasteiger partial charge in [-0.2, -0.15) is 0 Å². The van der Waals surface area contributed by atoms with Crippen molar-refractivity contribution in [2.45, 2.75) is 46.3 Å². The van der Waals surface area contributed by atoms with Crippen molar-refractivity contribution >= 4 is 23.1 Å². The van der Waals surface area contributed by atoms with Gasteiger partial charge in [-0.1, -0.05) is 6.07 Å². The average Bonchev–Trinajstić information content (AvgIpc) is 2.43. The third kappa shape index (κ3) is 4.18. The number of nitrogens with zero attached hydrogens (tertiary/aromatic N) is 2. The molecule has 2 rings (SSSR count). The molecule has 1 heterocycles. The molecule has 0 saturated heterocycles. The Hall–Kier alpha value is -2.70. The molecule has 1 unspecified atom stereocenters. The molecular formula is C17H21N3O4. The molecule has 0 spiro atoms. The van der Waals surface area contributed by atoms with Gasteiger partial charge in [0.25, 0.3) is 0 Å². The molecule has 0 aliphatic rings. The zero-order chi connectivity index (χ0) is 18.1. The maximum absolute atomic E-state index is 11.9. The number of aliphatic carboxylic acids is 1. The number of carbonyl (C=O) groups excluding carboxylic acids is 1. The monoisotopic (exact) mass is 331 g/mol. The van der Waals surface area contributed by atoms with Crippen LogP contribution in [0.25, 0.3) is 11.0 Å². The molecule has 0 saturated carbocycles. The summed E-state index contributed by atoms with van der Waals surface area (Å²) in [5, 5.41) is 11.8. The van der Waals surface area contributed by atoms with Gasteiger partial charge in [-0.05, 0) is 52.3 Å². The first-order valence-electron chi connectivity index (χ1n) is 7.54. The zero-order valence-electron chi connectivity index (χ0n) is 14.4. The fourth-order valence-electron chi connectivity index (χ4n) is 2.14. The third-order valence-corrected chi connectivity index (χ3v) is 3.34. The summed E-state index contributed by atoms with van der Waals surface area (Å²) in [7, 11) is 0. The van der Waals surface area contributed by atoms with Crippen LogP contribution < -0.4 is 5.32 Å². The van der Waals surface area contributed by atoms with Crippen LogP contribution in [-0.4, -0.2) is 32.7 Å². The summed E-state index contributed by atoms with van der Waals surface area (Å²) in [4.78, 5) is 32.3. The van der Waals surface area contributed by atoms with E-state index in [1.54, 1.807) is 39.0 Å². The number of rotatable bonds is 3. The van der Waals surface area contributed by atoms with Gasteiger partial charge >= 0.3 is 12.1 Å². The smallest absolute Gasteiger partial charge is 0.408 e. The van der Waals surface area contributed by atoms with Crippen molar-refractivity contribution in [2.24, 2.45) is 0 Å². The van der Waals surface area contributed by atoms with Gasteiger partial charge in [0.15, 0.2) is 6.04 Å². The van der Waals surface area contributed by atoms with E-state index >= 15 is 0 Å². The SMILES string of the molecule is Cc1nc2ccc(C(NC(=O)OC(C)(C)C)C(=O)O)cc2nc1C. The van der Waals surface area contributed by atoms with Gasteiger partial charge in [-0.3, -0.25) is 0 Å². The zero-order valence-corrected chi connectivity index (χ0v) is 14.4. The molecule has 0 aliphatic carbocycles. The number of carbonyl (C=O) groups is 2. The van der Waals surface area contributed by atoms with Crippen LogP contribution >= 0.6 is 0 Å². The standard InChI is InChI=1S/C17H21N3O4/c1-9-10(2)19-13-8-11(6-7-12(13)18-9)14(15(21)22)20-16(23)24-17(3,4)5/h6-8,14H,1-5H3,(H,20,23)(H,21,22). The molecular weight excluding hydrogens is 310 g/mol. The lowest BCUT2D eigenvalue weighted by Crippen LogP contribution is -2.38. The molecule has 2 N–H and O–H groups in total. The summed E-state index contributed by atoms with van der Waals surface area (Å²) in [6.07, 6.45) is -0.791. The quantitative estimate of drug-likeness (QED) is 0.896. The van der Waals surface area contributed by atoms with E-state index in [4.69, 9.17) is 4.74 Å². The second-order valence-corrected chi connectivity index (χ2v) is 6.56. The number of alkyl carbamates (subject to hydrolysis) is 1. The summed E-state index contributed by atoms with van der Waals surface area (Å²) in [5.74, 6) is -1.18. The topological polar surface area (TPSA) is 101 Å². The van der Waals surface area contributed by atoms with E-state index in [0.717, 1.165) is 11.4 Å². The van der Waals surface area contributed by atoms with Crippen molar-refractivity contribution in [1.82, 2.24) is 15.3 Å². The molecule has 1 aromatic carbocycles. The van der Waals surface area contributed by atoms with Crippen LogP contribution in [0.4, 0.5) is 4.79 Å². The summed E-state index contributed by atoms with van der Waals surface area (Å²) in [6.45, 7) is 8.82. The largest absolute Gasteiger partial charge is 0.479 e. The lowest BCUT2D eigenvalue weighted by molar-refractivity contribution is -0.139. The number of aromatic nitrogens is 2. The highest BCUT2D eigenvalue weighted by molar-refractivity contribution is 5.84. The van der Waals surface area contributed by atoms with Crippen molar-refractivity contribution in [2.75, 3.05) is 0 Å². The molecule has 7 heteroatoms. The number of carboxylic acid groups (broad SMARTS) is 1. The number of nitrogens with one attached hydrogen (secondary N) is 1. The fraction of sp³-hybridized carbons (Fsp3) is 0.412. The lowest BCUT2D eigenvalue weighted by atomic mass is 10.1. The molecule has 0 aliphatic heterocycles. The number of benzene rings is 1. The number of hydrogen-bond donors (Lipinski definition) is 2. The number of hydrogen-bond acceptors (Lipinski definition) is 5. The second-order valence-electron chi connectivity index (χ2n) is 6.56. The van der Waals surface area contributed by atoms with E-state index in [1.165, 1.54) is 0 Å². The van der Waals surface area contributed by atoms with Crippen LogP contribution in [0.2, 0.25) is 0 Å². The summed E-state index contributed by atoms with van der Waals surface area (Å²) in [5.41, 5.74) is 2.52. The average molecular weight is 331 g/mol. The molecule has 2 aromatic rings. The maximum atomic E-state index is 11.9. The minimum absolute atomic E-state index is 0.401. The first-order chi connectivity index (χ1) is 11.1. The van der Waals surface area contributed by atoms with Gasteiger partial charge in [-0.15, -0.1) is 0 Å². The number of ether oxygens (including phenoxy) is 1. The Morgan fingerprint density at radius 2 is 1.71 bits per heavy atom. The summed E-state index contributed by atoms with van der Waals surface area (Å²) in [6, 6.07) is 3.69. The Balaban J connectivity index is 2.34. The Labute approximate surface area is 140 Å². The number of fused-ring (bicyclic) bond motifs is 1. The molecule has 0 radical (unpaired) electrons. The maximum Gasteiger partial charge on any atom is 0.408 e. The van der Waals surface area contributed by atoms with Gasteiger partial charge < -0.3 is 15.2 Å². The van der Waals surface area contributed by atoms with Crippen LogP contribution in [0.15, 0.2) is 18.2 Å². The van der Waals surface area contributed by atoms with E-state index in [-0.39, 0.29) is 0 Å². The van der Waals surface area contributed by atoms with E-state index in [2.05, 4.69) is 15.3 Å². The normalized spacial score (nSPS) is 12.7. The number of amides is 1. The molecule has 0 bridgehead atoms. The van der Waals surface area contributed by atoms with Crippen molar-refractivity contribution in [3.8, 4) is 0 Å². The lowest BCUT2D eigenvalue weighted by Gasteiger charge is -2.22. The first-order valence-corrected chi connectivity index (χ1v) is 7.54. The molecule has 24 heavy (non-hydrogen) atoms. The van der Waals surface area contributed by atoms with Gasteiger partial charge in [0.05, 0.1) is 22.4 Å². The third-order valence-electron chi connectivity index (χ3n) is 3.34. The molecule has 7 nitrogen and oxygen atoms in total. The first kappa shape index (κ1) is 17.7. The van der Waals surface area contributed by atoms with Crippen LogP contribution in [0.1, 0.15) is 43.8 Å². The Morgan fingerprint density at radius 1 is 1.12 bits per heavy atom. The van der Waals surface area contributed by atoms with Crippen LogP contribution in [0.3, 0.4) is 0 Å². The van der Waals surface area contributed by atoms with Gasteiger partial charge in [-0.25, -0.2) is 19.6 Å². The summed E-state index contributed by atoms with van der Waals surface area (Å²) < 4.78 is 5.12. The minimum Gasteiger partial charge on any atom is -0.479 e. The van der Waals surface area contributed by atoms with Crippen molar-refractivity contribution in [3.63, 3.8) is 0 Å². The predicted octanol–water partition coefficient (Wildman–Crippen LogP) is 2.90. The number of carboxylic acids is 1. The van der Waals surface area contributed by atoms with Crippen molar-refractivity contribution < 1.29 is 19.4 Å². The number of aryl methyl sites for hydroxylation is 2. The van der Waals surface area contributed by atoms with E-state index in [0.29, 0.717) is 16.6 Å².